The number of ether oxygens (including phenoxy) is 1. The molecule has 0 bridgehead atoms. The molecule has 3 nitrogen and oxygen atoms in total. The summed E-state index contributed by atoms with van der Waals surface area (Å²) in [5.41, 5.74) is 3.39. The van der Waals surface area contributed by atoms with E-state index in [9.17, 15) is 4.39 Å². The van der Waals surface area contributed by atoms with E-state index < -0.39 is 17.0 Å². The highest BCUT2D eigenvalue weighted by Crippen LogP contribution is 2.52. The highest BCUT2D eigenvalue weighted by molar-refractivity contribution is 8.14. The maximum Gasteiger partial charge on any atom is 0.154 e. The molecule has 3 atom stereocenters. The summed E-state index contributed by atoms with van der Waals surface area (Å²) in [5, 5.41) is 0.739. The maximum absolute atomic E-state index is 15.7. The number of aliphatic imine (C=N–C) groups is 1. The van der Waals surface area contributed by atoms with E-state index in [1.165, 1.54) is 30.0 Å². The largest absolute Gasteiger partial charge is 0.399 e. The quantitative estimate of drug-likeness (QED) is 0.810. The molecule has 1 aromatic rings. The third-order valence-electron chi connectivity index (χ3n) is 4.22. The van der Waals surface area contributed by atoms with Gasteiger partial charge in [-0.05, 0) is 32.0 Å². The average Bonchev–Trinajstić information content (AvgIpc) is 2.42. The highest BCUT2D eigenvalue weighted by atomic mass is 32.2. The van der Waals surface area contributed by atoms with Crippen LogP contribution in [0.1, 0.15) is 25.8 Å². The lowest BCUT2D eigenvalue weighted by atomic mass is 9.72. The molecule has 0 amide bonds. The van der Waals surface area contributed by atoms with Crippen molar-refractivity contribution >= 4 is 22.5 Å². The number of hydrogen-bond donors (Lipinski definition) is 1. The van der Waals surface area contributed by atoms with Crippen LogP contribution in [0.5, 0.6) is 0 Å². The molecule has 1 aromatic carbocycles. The number of nitrogens with zero attached hydrogens (tertiary/aromatic N) is 1. The molecule has 0 aromatic heterocycles. The van der Waals surface area contributed by atoms with Crippen molar-refractivity contribution < 1.29 is 13.5 Å². The van der Waals surface area contributed by atoms with Gasteiger partial charge in [0.25, 0.3) is 0 Å². The first kappa shape index (κ1) is 14.8. The molecule has 0 unspecified atom stereocenters. The van der Waals surface area contributed by atoms with Gasteiger partial charge in [-0.2, -0.15) is 0 Å². The van der Waals surface area contributed by atoms with Crippen molar-refractivity contribution in [3.8, 4) is 0 Å². The fourth-order valence-electron chi connectivity index (χ4n) is 3.15. The zero-order chi connectivity index (χ0) is 15.3. The number of nitrogens with two attached hydrogens (primary N) is 1. The van der Waals surface area contributed by atoms with Gasteiger partial charge in [0.15, 0.2) is 5.67 Å². The summed E-state index contributed by atoms with van der Waals surface area (Å²) in [6, 6.07) is 4.22. The Kier molecular flexibility index (Phi) is 3.48. The van der Waals surface area contributed by atoms with Crippen LogP contribution in [0.25, 0.3) is 0 Å². The SMILES string of the molecule is CC1=N[C@@]2(c3cc(N)ccc3F)CO[C@@H](C)C[C@@]2(F)CS1. The first-order chi connectivity index (χ1) is 9.86. The van der Waals surface area contributed by atoms with E-state index in [1.54, 1.807) is 0 Å². The summed E-state index contributed by atoms with van der Waals surface area (Å²) >= 11 is 1.37. The van der Waals surface area contributed by atoms with Crippen LogP contribution in [-0.4, -0.2) is 29.2 Å². The van der Waals surface area contributed by atoms with Crippen LogP contribution >= 0.6 is 11.8 Å². The van der Waals surface area contributed by atoms with Crippen molar-refractivity contribution in [2.45, 2.75) is 37.6 Å². The molecule has 0 spiro atoms. The predicted molar refractivity (Wildman–Crippen MR) is 81.9 cm³/mol. The van der Waals surface area contributed by atoms with Gasteiger partial charge in [-0.3, -0.25) is 4.99 Å². The molecular formula is C15H18F2N2OS. The van der Waals surface area contributed by atoms with Crippen LogP contribution in [0.15, 0.2) is 23.2 Å². The molecule has 2 aliphatic heterocycles. The molecule has 3 rings (SSSR count). The summed E-state index contributed by atoms with van der Waals surface area (Å²) < 4.78 is 35.7. The Balaban J connectivity index is 2.22. The van der Waals surface area contributed by atoms with E-state index in [0.29, 0.717) is 5.69 Å². The van der Waals surface area contributed by atoms with Gasteiger partial charge in [-0.15, -0.1) is 11.8 Å². The Bertz CT molecular complexity index is 609. The van der Waals surface area contributed by atoms with Gasteiger partial charge in [0.2, 0.25) is 0 Å². The minimum atomic E-state index is -1.64. The first-order valence-electron chi connectivity index (χ1n) is 6.92. The number of hydrogen-bond acceptors (Lipinski definition) is 4. The fourth-order valence-corrected chi connectivity index (χ4v) is 4.16. The van der Waals surface area contributed by atoms with E-state index in [1.807, 2.05) is 13.8 Å². The first-order valence-corrected chi connectivity index (χ1v) is 7.90. The molecule has 21 heavy (non-hydrogen) atoms. The number of nitrogen functional groups attached to an aromatic ring is 1. The minimum Gasteiger partial charge on any atom is -0.399 e. The molecule has 1 fully saturated rings. The summed E-state index contributed by atoms with van der Waals surface area (Å²) in [6.07, 6.45) is -0.00757. The normalized spacial score (nSPS) is 36.0. The number of benzene rings is 1. The Hall–Kier alpha value is -1.14. The van der Waals surface area contributed by atoms with Crippen LogP contribution in [0, 0.1) is 5.82 Å². The molecule has 0 saturated carbocycles. The van der Waals surface area contributed by atoms with Crippen molar-refractivity contribution in [1.29, 1.82) is 0 Å². The highest BCUT2D eigenvalue weighted by Gasteiger charge is 2.60. The van der Waals surface area contributed by atoms with Gasteiger partial charge in [0, 0.05) is 23.4 Å². The van der Waals surface area contributed by atoms with Crippen LogP contribution in [0.2, 0.25) is 0 Å². The second kappa shape index (κ2) is 4.95. The van der Waals surface area contributed by atoms with Gasteiger partial charge in [-0.25, -0.2) is 8.78 Å². The summed E-state index contributed by atoms with van der Waals surface area (Å²) in [4.78, 5) is 4.50. The van der Waals surface area contributed by atoms with Crippen molar-refractivity contribution in [2.75, 3.05) is 18.1 Å². The Morgan fingerprint density at radius 3 is 3.00 bits per heavy atom. The topological polar surface area (TPSA) is 47.6 Å². The fraction of sp³-hybridized carbons (Fsp3) is 0.533. The van der Waals surface area contributed by atoms with Crippen molar-refractivity contribution in [3.63, 3.8) is 0 Å². The second-order valence-electron chi connectivity index (χ2n) is 5.81. The molecule has 114 valence electrons. The molecule has 0 aliphatic carbocycles. The number of anilines is 1. The Morgan fingerprint density at radius 1 is 1.48 bits per heavy atom. The summed E-state index contributed by atoms with van der Waals surface area (Å²) in [7, 11) is 0. The standard InChI is InChI=1S/C15H18F2N2OS/c1-9-6-14(17)8-21-10(2)19-15(14,7-20-9)12-5-11(18)3-4-13(12)16/h3-5,9H,6-8,18H2,1-2H3/t9-,14+,15+/m0/s1. The van der Waals surface area contributed by atoms with E-state index in [-0.39, 0.29) is 30.4 Å². The Labute approximate surface area is 127 Å². The summed E-state index contributed by atoms with van der Waals surface area (Å²) in [6.45, 7) is 3.67. The van der Waals surface area contributed by atoms with E-state index in [0.717, 1.165) is 5.04 Å². The minimum absolute atomic E-state index is 0.0307. The monoisotopic (exact) mass is 312 g/mol. The van der Waals surface area contributed by atoms with Gasteiger partial charge in [0.1, 0.15) is 11.4 Å². The number of thioether (sulfide) groups is 1. The number of fused-ring (bicyclic) bond motifs is 1. The van der Waals surface area contributed by atoms with Crippen LogP contribution in [0.3, 0.4) is 0 Å². The molecule has 2 aliphatic rings. The smallest absolute Gasteiger partial charge is 0.154 e. The maximum atomic E-state index is 15.7. The second-order valence-corrected chi connectivity index (χ2v) is 6.98. The van der Waals surface area contributed by atoms with E-state index in [4.69, 9.17) is 10.5 Å². The predicted octanol–water partition coefficient (Wildman–Crippen LogP) is 3.29. The lowest BCUT2D eigenvalue weighted by Crippen LogP contribution is -2.59. The average molecular weight is 312 g/mol. The lowest BCUT2D eigenvalue weighted by Gasteiger charge is -2.50. The lowest BCUT2D eigenvalue weighted by molar-refractivity contribution is -0.107. The van der Waals surface area contributed by atoms with Crippen molar-refractivity contribution in [1.82, 2.24) is 0 Å². The van der Waals surface area contributed by atoms with Crippen LogP contribution < -0.4 is 5.73 Å². The van der Waals surface area contributed by atoms with Gasteiger partial charge >= 0.3 is 0 Å². The Morgan fingerprint density at radius 2 is 2.24 bits per heavy atom. The molecule has 0 radical (unpaired) electrons. The third kappa shape index (κ3) is 2.25. The number of rotatable bonds is 1. The number of halogens is 2. The molecule has 6 heteroatoms. The molecular weight excluding hydrogens is 294 g/mol. The van der Waals surface area contributed by atoms with Gasteiger partial charge in [-0.1, -0.05) is 0 Å². The zero-order valence-corrected chi connectivity index (χ0v) is 12.8. The third-order valence-corrected chi connectivity index (χ3v) is 5.33. The van der Waals surface area contributed by atoms with Crippen molar-refractivity contribution in [3.05, 3.63) is 29.6 Å². The van der Waals surface area contributed by atoms with Gasteiger partial charge in [0.05, 0.1) is 17.8 Å². The van der Waals surface area contributed by atoms with E-state index >= 15 is 4.39 Å². The molecule has 2 N–H and O–H groups in total. The zero-order valence-electron chi connectivity index (χ0n) is 12.0. The van der Waals surface area contributed by atoms with Crippen molar-refractivity contribution in [2.24, 2.45) is 4.99 Å². The number of alkyl halides is 1. The van der Waals surface area contributed by atoms with Crippen LogP contribution in [-0.2, 0) is 10.3 Å². The molecule has 1 saturated heterocycles. The van der Waals surface area contributed by atoms with Crippen LogP contribution in [0.4, 0.5) is 14.5 Å². The van der Waals surface area contributed by atoms with E-state index in [2.05, 4.69) is 4.99 Å². The molecule has 2 heterocycles. The van der Waals surface area contributed by atoms with Gasteiger partial charge < -0.3 is 10.5 Å². The summed E-state index contributed by atoms with van der Waals surface area (Å²) in [5.74, 6) is -0.239.